The van der Waals surface area contributed by atoms with Gasteiger partial charge in [0.25, 0.3) is 0 Å². The summed E-state index contributed by atoms with van der Waals surface area (Å²) in [5.74, 6) is 0.136. The lowest BCUT2D eigenvalue weighted by atomic mass is 10.1. The molecule has 1 N–H and O–H groups in total. The van der Waals surface area contributed by atoms with Gasteiger partial charge in [-0.25, -0.2) is 4.98 Å². The van der Waals surface area contributed by atoms with E-state index in [1.807, 2.05) is 18.2 Å². The number of para-hydroxylation sites is 1. The SMILES string of the molecule is O=C(CCc1nc2ccccc2s1)N1CCOC[C@@H](CO)C1. The minimum atomic E-state index is 0.0221. The highest BCUT2D eigenvalue weighted by Gasteiger charge is 2.22. The molecular weight excluding hydrogens is 300 g/mol. The molecule has 2 heterocycles. The summed E-state index contributed by atoms with van der Waals surface area (Å²) in [5, 5.41) is 10.3. The first-order valence-corrected chi connectivity index (χ1v) is 8.38. The summed E-state index contributed by atoms with van der Waals surface area (Å²) in [6.07, 6.45) is 1.12. The van der Waals surface area contributed by atoms with Gasteiger partial charge < -0.3 is 14.7 Å². The number of hydrogen-bond acceptors (Lipinski definition) is 5. The smallest absolute Gasteiger partial charge is 0.223 e. The second kappa shape index (κ2) is 7.17. The Hall–Kier alpha value is -1.50. The number of carbonyl (C=O) groups excluding carboxylic acids is 1. The number of hydrogen-bond donors (Lipinski definition) is 1. The summed E-state index contributed by atoms with van der Waals surface area (Å²) in [6, 6.07) is 8.02. The Morgan fingerprint density at radius 3 is 3.14 bits per heavy atom. The summed E-state index contributed by atoms with van der Waals surface area (Å²) in [4.78, 5) is 18.7. The molecule has 0 spiro atoms. The molecular formula is C16H20N2O3S. The molecule has 1 aromatic heterocycles. The van der Waals surface area contributed by atoms with E-state index < -0.39 is 0 Å². The second-order valence-electron chi connectivity index (χ2n) is 5.54. The van der Waals surface area contributed by atoms with Gasteiger partial charge in [-0.15, -0.1) is 11.3 Å². The number of thiazole rings is 1. The monoisotopic (exact) mass is 320 g/mol. The van der Waals surface area contributed by atoms with Crippen molar-refractivity contribution in [3.05, 3.63) is 29.3 Å². The van der Waals surface area contributed by atoms with E-state index >= 15 is 0 Å². The molecule has 6 heteroatoms. The Morgan fingerprint density at radius 2 is 2.32 bits per heavy atom. The molecule has 0 bridgehead atoms. The normalized spacial score (nSPS) is 19.3. The van der Waals surface area contributed by atoms with Gasteiger partial charge in [0.05, 0.1) is 28.4 Å². The molecule has 1 aromatic carbocycles. The fraction of sp³-hybridized carbons (Fsp3) is 0.500. The van der Waals surface area contributed by atoms with Crippen molar-refractivity contribution in [1.82, 2.24) is 9.88 Å². The zero-order chi connectivity index (χ0) is 15.4. The summed E-state index contributed by atoms with van der Waals surface area (Å²) in [7, 11) is 0. The summed E-state index contributed by atoms with van der Waals surface area (Å²) >= 11 is 1.65. The van der Waals surface area contributed by atoms with Crippen molar-refractivity contribution in [2.75, 3.05) is 32.9 Å². The summed E-state index contributed by atoms with van der Waals surface area (Å²) in [6.45, 7) is 2.31. The Kier molecular flexibility index (Phi) is 5.02. The first-order valence-electron chi connectivity index (χ1n) is 7.57. The summed E-state index contributed by atoms with van der Waals surface area (Å²) < 4.78 is 6.58. The van der Waals surface area contributed by atoms with Crippen LogP contribution >= 0.6 is 11.3 Å². The average Bonchev–Trinajstić information content (AvgIpc) is 2.80. The number of aliphatic hydroxyl groups excluding tert-OH is 1. The standard InChI is InChI=1S/C16H20N2O3S/c19-10-12-9-18(7-8-21-11-12)16(20)6-5-15-17-13-3-1-2-4-14(13)22-15/h1-4,12,19H,5-11H2/t12-/m1/s1. The zero-order valence-corrected chi connectivity index (χ0v) is 13.2. The molecule has 3 rings (SSSR count). The Balaban J connectivity index is 1.59. The highest BCUT2D eigenvalue weighted by molar-refractivity contribution is 7.18. The number of rotatable bonds is 4. The molecule has 1 saturated heterocycles. The van der Waals surface area contributed by atoms with Gasteiger partial charge in [-0.05, 0) is 12.1 Å². The molecule has 0 aliphatic carbocycles. The quantitative estimate of drug-likeness (QED) is 0.931. The molecule has 0 saturated carbocycles. The van der Waals surface area contributed by atoms with Crippen LogP contribution in [0.4, 0.5) is 0 Å². The molecule has 5 nitrogen and oxygen atoms in total. The topological polar surface area (TPSA) is 62.7 Å². The number of nitrogens with zero attached hydrogens (tertiary/aromatic N) is 2. The third-order valence-electron chi connectivity index (χ3n) is 3.84. The van der Waals surface area contributed by atoms with Crippen LogP contribution in [-0.4, -0.2) is 53.8 Å². The number of ether oxygens (including phenoxy) is 1. The fourth-order valence-electron chi connectivity index (χ4n) is 2.62. The van der Waals surface area contributed by atoms with Crippen LogP contribution in [0.1, 0.15) is 11.4 Å². The van der Waals surface area contributed by atoms with Crippen molar-refractivity contribution < 1.29 is 14.6 Å². The predicted octanol–water partition coefficient (Wildman–Crippen LogP) is 1.70. The lowest BCUT2D eigenvalue weighted by molar-refractivity contribution is -0.131. The number of aryl methyl sites for hydroxylation is 1. The lowest BCUT2D eigenvalue weighted by Gasteiger charge is -2.22. The predicted molar refractivity (Wildman–Crippen MR) is 85.9 cm³/mol. The van der Waals surface area contributed by atoms with Crippen molar-refractivity contribution >= 4 is 27.5 Å². The van der Waals surface area contributed by atoms with Crippen LogP contribution in [0.2, 0.25) is 0 Å². The number of aromatic nitrogens is 1. The van der Waals surface area contributed by atoms with Crippen LogP contribution in [-0.2, 0) is 16.0 Å². The highest BCUT2D eigenvalue weighted by Crippen LogP contribution is 2.22. The Labute approximate surface area is 133 Å². The van der Waals surface area contributed by atoms with Crippen molar-refractivity contribution in [2.45, 2.75) is 12.8 Å². The van der Waals surface area contributed by atoms with Crippen molar-refractivity contribution in [3.63, 3.8) is 0 Å². The maximum Gasteiger partial charge on any atom is 0.223 e. The van der Waals surface area contributed by atoms with E-state index in [0.29, 0.717) is 39.1 Å². The highest BCUT2D eigenvalue weighted by atomic mass is 32.1. The van der Waals surface area contributed by atoms with Gasteiger partial charge in [-0.1, -0.05) is 12.1 Å². The number of carbonyl (C=O) groups is 1. The van der Waals surface area contributed by atoms with E-state index in [2.05, 4.69) is 11.1 Å². The molecule has 118 valence electrons. The molecule has 1 aliphatic rings. The number of fused-ring (bicyclic) bond motifs is 1. The number of benzene rings is 1. The zero-order valence-electron chi connectivity index (χ0n) is 12.4. The van der Waals surface area contributed by atoms with E-state index in [-0.39, 0.29) is 18.4 Å². The van der Waals surface area contributed by atoms with Gasteiger partial charge in [-0.2, -0.15) is 0 Å². The van der Waals surface area contributed by atoms with Crippen LogP contribution in [0, 0.1) is 5.92 Å². The molecule has 1 atom stereocenters. The van der Waals surface area contributed by atoms with Gasteiger partial charge in [0.15, 0.2) is 0 Å². The molecule has 22 heavy (non-hydrogen) atoms. The van der Waals surface area contributed by atoms with Crippen molar-refractivity contribution in [3.8, 4) is 0 Å². The van der Waals surface area contributed by atoms with Gasteiger partial charge in [0.1, 0.15) is 0 Å². The molecule has 1 aliphatic heterocycles. The molecule has 0 unspecified atom stereocenters. The van der Waals surface area contributed by atoms with E-state index in [0.717, 1.165) is 15.2 Å². The fourth-order valence-corrected chi connectivity index (χ4v) is 3.58. The third-order valence-corrected chi connectivity index (χ3v) is 4.94. The van der Waals surface area contributed by atoms with Crippen molar-refractivity contribution in [1.29, 1.82) is 0 Å². The number of aliphatic hydroxyl groups is 1. The van der Waals surface area contributed by atoms with Gasteiger partial charge in [0.2, 0.25) is 5.91 Å². The van der Waals surface area contributed by atoms with Crippen LogP contribution in [0.15, 0.2) is 24.3 Å². The van der Waals surface area contributed by atoms with Gasteiger partial charge in [-0.3, -0.25) is 4.79 Å². The van der Waals surface area contributed by atoms with Crippen LogP contribution < -0.4 is 0 Å². The summed E-state index contributed by atoms with van der Waals surface area (Å²) in [5.41, 5.74) is 0.999. The Morgan fingerprint density at radius 1 is 1.45 bits per heavy atom. The third kappa shape index (κ3) is 3.63. The Bertz CT molecular complexity index is 610. The van der Waals surface area contributed by atoms with E-state index in [1.54, 1.807) is 16.2 Å². The maximum atomic E-state index is 12.4. The van der Waals surface area contributed by atoms with Gasteiger partial charge >= 0.3 is 0 Å². The van der Waals surface area contributed by atoms with Crippen LogP contribution in [0.3, 0.4) is 0 Å². The van der Waals surface area contributed by atoms with Crippen LogP contribution in [0.25, 0.3) is 10.2 Å². The van der Waals surface area contributed by atoms with E-state index in [9.17, 15) is 9.90 Å². The molecule has 1 fully saturated rings. The first kappa shape index (κ1) is 15.4. The molecule has 2 aromatic rings. The largest absolute Gasteiger partial charge is 0.396 e. The lowest BCUT2D eigenvalue weighted by Crippen LogP contribution is -2.36. The van der Waals surface area contributed by atoms with Crippen molar-refractivity contribution in [2.24, 2.45) is 5.92 Å². The minimum Gasteiger partial charge on any atom is -0.396 e. The molecule has 0 radical (unpaired) electrons. The number of amides is 1. The maximum absolute atomic E-state index is 12.4. The van der Waals surface area contributed by atoms with Crippen LogP contribution in [0.5, 0.6) is 0 Å². The second-order valence-corrected chi connectivity index (χ2v) is 6.65. The first-order chi connectivity index (χ1) is 10.8. The van der Waals surface area contributed by atoms with E-state index in [4.69, 9.17) is 4.74 Å². The molecule has 1 amide bonds. The van der Waals surface area contributed by atoms with E-state index in [1.165, 1.54) is 0 Å². The van der Waals surface area contributed by atoms with Gasteiger partial charge in [0, 0.05) is 38.5 Å². The minimum absolute atomic E-state index is 0.0221. The average molecular weight is 320 g/mol.